The zero-order valence-corrected chi connectivity index (χ0v) is 11.3. The van der Waals surface area contributed by atoms with Crippen LogP contribution in [0.5, 0.6) is 11.5 Å². The molecule has 0 saturated heterocycles. The van der Waals surface area contributed by atoms with Crippen molar-refractivity contribution in [2.24, 2.45) is 0 Å². The molecule has 0 amide bonds. The Morgan fingerprint density at radius 3 is 2.68 bits per heavy atom. The van der Waals surface area contributed by atoms with E-state index in [2.05, 4.69) is 12.1 Å². The van der Waals surface area contributed by atoms with Crippen LogP contribution in [-0.2, 0) is 5.75 Å². The Bertz CT molecular complexity index is 586. The monoisotopic (exact) mass is 273 g/mol. The number of anilines is 1. The van der Waals surface area contributed by atoms with E-state index >= 15 is 0 Å². The van der Waals surface area contributed by atoms with E-state index in [1.165, 1.54) is 10.5 Å². The lowest BCUT2D eigenvalue weighted by atomic mass is 10.2. The molecule has 19 heavy (non-hydrogen) atoms. The van der Waals surface area contributed by atoms with Gasteiger partial charge in [0.05, 0.1) is 0 Å². The van der Waals surface area contributed by atoms with Gasteiger partial charge in [0, 0.05) is 16.3 Å². The van der Waals surface area contributed by atoms with E-state index < -0.39 is 0 Å². The number of hydrogen-bond donors (Lipinski definition) is 1. The molecular formula is C15H15NO2S. The fourth-order valence-electron chi connectivity index (χ4n) is 1.96. The summed E-state index contributed by atoms with van der Waals surface area (Å²) in [5, 5.41) is 0. The summed E-state index contributed by atoms with van der Waals surface area (Å²) in [5.41, 5.74) is 7.80. The lowest BCUT2D eigenvalue weighted by Crippen LogP contribution is -2.15. The third-order valence-electron chi connectivity index (χ3n) is 2.87. The first-order chi connectivity index (χ1) is 9.31. The molecule has 0 radical (unpaired) electrons. The highest BCUT2D eigenvalue weighted by molar-refractivity contribution is 7.98. The van der Waals surface area contributed by atoms with Crippen molar-refractivity contribution in [3.05, 3.63) is 48.0 Å². The lowest BCUT2D eigenvalue weighted by molar-refractivity contribution is 0.171. The maximum absolute atomic E-state index is 5.77. The highest BCUT2D eigenvalue weighted by Crippen LogP contribution is 2.35. The van der Waals surface area contributed by atoms with Crippen LogP contribution in [0.25, 0.3) is 0 Å². The van der Waals surface area contributed by atoms with Crippen LogP contribution >= 0.6 is 11.8 Å². The molecule has 3 rings (SSSR count). The van der Waals surface area contributed by atoms with Gasteiger partial charge in [-0.1, -0.05) is 12.1 Å². The van der Waals surface area contributed by atoms with Gasteiger partial charge in [0.25, 0.3) is 0 Å². The maximum Gasteiger partial charge on any atom is 0.162 e. The van der Waals surface area contributed by atoms with Gasteiger partial charge in [0.2, 0.25) is 0 Å². The number of rotatable bonds is 3. The van der Waals surface area contributed by atoms with Crippen molar-refractivity contribution in [1.29, 1.82) is 0 Å². The minimum Gasteiger partial charge on any atom is -0.486 e. The van der Waals surface area contributed by atoms with Gasteiger partial charge in [-0.25, -0.2) is 0 Å². The van der Waals surface area contributed by atoms with Crippen molar-refractivity contribution >= 4 is 17.4 Å². The van der Waals surface area contributed by atoms with Crippen molar-refractivity contribution < 1.29 is 9.47 Å². The number of benzene rings is 2. The Morgan fingerprint density at radius 2 is 1.84 bits per heavy atom. The smallest absolute Gasteiger partial charge is 0.162 e. The third-order valence-corrected chi connectivity index (χ3v) is 3.94. The molecule has 0 unspecified atom stereocenters. The zero-order chi connectivity index (χ0) is 13.1. The summed E-state index contributed by atoms with van der Waals surface area (Å²) in [4.78, 5) is 1.17. The third kappa shape index (κ3) is 2.96. The summed E-state index contributed by atoms with van der Waals surface area (Å²) in [6.07, 6.45) is 0. The van der Waals surface area contributed by atoms with Gasteiger partial charge >= 0.3 is 0 Å². The molecule has 0 aromatic heterocycles. The second-order valence-corrected chi connectivity index (χ2v) is 5.39. The zero-order valence-electron chi connectivity index (χ0n) is 10.5. The predicted molar refractivity (Wildman–Crippen MR) is 77.8 cm³/mol. The molecular weight excluding hydrogens is 258 g/mol. The van der Waals surface area contributed by atoms with Crippen molar-refractivity contribution in [2.75, 3.05) is 18.9 Å². The second-order valence-electron chi connectivity index (χ2n) is 4.34. The number of nitrogen functional groups attached to an aromatic ring is 1. The van der Waals surface area contributed by atoms with Crippen LogP contribution in [0.4, 0.5) is 5.69 Å². The average molecular weight is 273 g/mol. The first-order valence-corrected chi connectivity index (χ1v) is 7.17. The molecule has 3 nitrogen and oxygen atoms in total. The first kappa shape index (κ1) is 12.2. The maximum atomic E-state index is 5.77. The van der Waals surface area contributed by atoms with Gasteiger partial charge in [0.15, 0.2) is 11.5 Å². The van der Waals surface area contributed by atoms with Gasteiger partial charge < -0.3 is 15.2 Å². The molecule has 0 spiro atoms. The Balaban J connectivity index is 1.70. The number of ether oxygens (including phenoxy) is 2. The molecule has 0 aliphatic carbocycles. The van der Waals surface area contributed by atoms with Crippen LogP contribution in [0.1, 0.15) is 5.56 Å². The molecule has 1 aliphatic heterocycles. The minimum atomic E-state index is 0.621. The minimum absolute atomic E-state index is 0.621. The van der Waals surface area contributed by atoms with Gasteiger partial charge in [-0.15, -0.1) is 11.8 Å². The molecule has 0 saturated carbocycles. The molecule has 4 heteroatoms. The molecule has 98 valence electrons. The van der Waals surface area contributed by atoms with Crippen LogP contribution < -0.4 is 15.2 Å². The number of thioether (sulfide) groups is 1. The predicted octanol–water partition coefficient (Wildman–Crippen LogP) is 3.33. The van der Waals surface area contributed by atoms with Crippen LogP contribution in [0.15, 0.2) is 47.4 Å². The fourth-order valence-corrected chi connectivity index (χ4v) is 2.83. The van der Waals surface area contributed by atoms with E-state index in [0.29, 0.717) is 13.2 Å². The average Bonchev–Trinajstić information content (AvgIpc) is 2.45. The first-order valence-electron chi connectivity index (χ1n) is 6.18. The Kier molecular flexibility index (Phi) is 3.51. The second kappa shape index (κ2) is 5.45. The van der Waals surface area contributed by atoms with E-state index in [0.717, 1.165) is 22.9 Å². The number of fused-ring (bicyclic) bond motifs is 1. The molecule has 2 aromatic rings. The van der Waals surface area contributed by atoms with Crippen LogP contribution in [0, 0.1) is 0 Å². The standard InChI is InChI=1S/C15H15NO2S/c16-12-3-1-2-11(8-12)10-19-13-4-5-14-15(9-13)18-7-6-17-14/h1-5,8-9H,6-7,10,16H2. The molecule has 0 fully saturated rings. The van der Waals surface area contributed by atoms with Gasteiger partial charge in [-0.3, -0.25) is 0 Å². The summed E-state index contributed by atoms with van der Waals surface area (Å²) in [7, 11) is 0. The van der Waals surface area contributed by atoms with E-state index in [-0.39, 0.29) is 0 Å². The van der Waals surface area contributed by atoms with Crippen molar-refractivity contribution in [3.63, 3.8) is 0 Å². The summed E-state index contributed by atoms with van der Waals surface area (Å²) in [6.45, 7) is 1.25. The van der Waals surface area contributed by atoms with Crippen LogP contribution in [-0.4, -0.2) is 13.2 Å². The van der Waals surface area contributed by atoms with E-state index in [9.17, 15) is 0 Å². The largest absolute Gasteiger partial charge is 0.486 e. The van der Waals surface area contributed by atoms with Crippen molar-refractivity contribution in [2.45, 2.75) is 10.6 Å². The number of hydrogen-bond acceptors (Lipinski definition) is 4. The molecule has 2 aromatic carbocycles. The van der Waals surface area contributed by atoms with Gasteiger partial charge in [-0.2, -0.15) is 0 Å². The van der Waals surface area contributed by atoms with Gasteiger partial charge in [-0.05, 0) is 35.9 Å². The summed E-state index contributed by atoms with van der Waals surface area (Å²) >= 11 is 1.76. The molecule has 1 heterocycles. The van der Waals surface area contributed by atoms with Crippen LogP contribution in [0.3, 0.4) is 0 Å². The topological polar surface area (TPSA) is 44.5 Å². The normalized spacial score (nSPS) is 13.3. The van der Waals surface area contributed by atoms with Crippen molar-refractivity contribution in [1.82, 2.24) is 0 Å². The fraction of sp³-hybridized carbons (Fsp3) is 0.200. The SMILES string of the molecule is Nc1cccc(CSc2ccc3c(c2)OCCO3)c1. The summed E-state index contributed by atoms with van der Waals surface area (Å²) in [5.74, 6) is 2.56. The van der Waals surface area contributed by atoms with E-state index in [1.54, 1.807) is 11.8 Å². The Morgan fingerprint density at radius 1 is 1.00 bits per heavy atom. The van der Waals surface area contributed by atoms with Crippen LogP contribution in [0.2, 0.25) is 0 Å². The molecule has 0 bridgehead atoms. The van der Waals surface area contributed by atoms with E-state index in [4.69, 9.17) is 15.2 Å². The molecule has 0 atom stereocenters. The molecule has 1 aliphatic rings. The van der Waals surface area contributed by atoms with Gasteiger partial charge in [0.1, 0.15) is 13.2 Å². The lowest BCUT2D eigenvalue weighted by Gasteiger charge is -2.18. The number of nitrogens with two attached hydrogens (primary N) is 1. The highest BCUT2D eigenvalue weighted by atomic mass is 32.2. The Labute approximate surface area is 116 Å². The quantitative estimate of drug-likeness (QED) is 0.688. The molecule has 2 N–H and O–H groups in total. The van der Waals surface area contributed by atoms with E-state index in [1.807, 2.05) is 30.3 Å². The summed E-state index contributed by atoms with van der Waals surface area (Å²) < 4.78 is 11.1. The summed E-state index contributed by atoms with van der Waals surface area (Å²) in [6, 6.07) is 14.0. The Hall–Kier alpha value is -1.81. The highest BCUT2D eigenvalue weighted by Gasteiger charge is 2.11. The van der Waals surface area contributed by atoms with Crippen molar-refractivity contribution in [3.8, 4) is 11.5 Å².